The van der Waals surface area contributed by atoms with Crippen molar-refractivity contribution in [3.8, 4) is 11.8 Å². The molecule has 2 aliphatic rings. The molecule has 1 atom stereocenters. The minimum Gasteiger partial charge on any atom is -0.340 e. The van der Waals surface area contributed by atoms with Crippen molar-refractivity contribution in [2.45, 2.75) is 57.5 Å². The highest BCUT2D eigenvalue weighted by molar-refractivity contribution is 5.99. The van der Waals surface area contributed by atoms with Gasteiger partial charge in [-0.25, -0.2) is 0 Å². The second kappa shape index (κ2) is 5.01. The van der Waals surface area contributed by atoms with E-state index in [2.05, 4.69) is 17.2 Å². The van der Waals surface area contributed by atoms with Gasteiger partial charge in [-0.2, -0.15) is 0 Å². The van der Waals surface area contributed by atoms with Gasteiger partial charge in [0.1, 0.15) is 11.6 Å². The van der Waals surface area contributed by atoms with Crippen molar-refractivity contribution in [3.05, 3.63) is 0 Å². The average molecular weight is 248 g/mol. The lowest BCUT2D eigenvalue weighted by molar-refractivity contribution is -0.155. The quantitative estimate of drug-likeness (QED) is 0.705. The second-order valence-electron chi connectivity index (χ2n) is 5.17. The summed E-state index contributed by atoms with van der Waals surface area (Å²) in [6.45, 7) is 3.86. The normalized spacial score (nSPS) is 26.6. The van der Waals surface area contributed by atoms with Gasteiger partial charge in [0, 0.05) is 0 Å². The van der Waals surface area contributed by atoms with E-state index in [4.69, 9.17) is 0 Å². The van der Waals surface area contributed by atoms with Crippen molar-refractivity contribution >= 4 is 11.8 Å². The van der Waals surface area contributed by atoms with E-state index in [1.807, 2.05) is 0 Å². The lowest BCUT2D eigenvalue weighted by Crippen LogP contribution is -2.70. The predicted molar refractivity (Wildman–Crippen MR) is 68.6 cm³/mol. The Morgan fingerprint density at radius 3 is 2.61 bits per heavy atom. The Bertz CT molecular complexity index is 413. The van der Waals surface area contributed by atoms with E-state index >= 15 is 0 Å². The Morgan fingerprint density at radius 1 is 1.33 bits per heavy atom. The second-order valence-corrected chi connectivity index (χ2v) is 5.17. The van der Waals surface area contributed by atoms with E-state index in [0.29, 0.717) is 6.54 Å². The molecular weight excluding hydrogens is 228 g/mol. The van der Waals surface area contributed by atoms with Crippen LogP contribution in [0.4, 0.5) is 0 Å². The highest BCUT2D eigenvalue weighted by Gasteiger charge is 2.49. The van der Waals surface area contributed by atoms with E-state index in [0.717, 1.165) is 32.1 Å². The van der Waals surface area contributed by atoms with Crippen molar-refractivity contribution in [1.82, 2.24) is 10.2 Å². The van der Waals surface area contributed by atoms with Crippen molar-refractivity contribution in [3.63, 3.8) is 0 Å². The van der Waals surface area contributed by atoms with Crippen LogP contribution in [-0.2, 0) is 9.59 Å². The summed E-state index contributed by atoms with van der Waals surface area (Å²) < 4.78 is 0. The van der Waals surface area contributed by atoms with Gasteiger partial charge >= 0.3 is 0 Å². The fourth-order valence-corrected chi connectivity index (χ4v) is 2.85. The summed E-state index contributed by atoms with van der Waals surface area (Å²) in [5, 5.41) is 2.96. The van der Waals surface area contributed by atoms with Crippen LogP contribution in [0, 0.1) is 11.8 Å². The molecule has 0 bridgehead atoms. The molecule has 4 nitrogen and oxygen atoms in total. The summed E-state index contributed by atoms with van der Waals surface area (Å²) in [5.41, 5.74) is -0.642. The fraction of sp³-hybridized carbons (Fsp3) is 0.714. The Hall–Kier alpha value is -1.50. The van der Waals surface area contributed by atoms with Gasteiger partial charge in [-0.05, 0) is 26.7 Å². The number of carbonyl (C=O) groups is 2. The molecule has 1 saturated carbocycles. The molecule has 0 aromatic rings. The Balaban J connectivity index is 2.25. The van der Waals surface area contributed by atoms with E-state index in [-0.39, 0.29) is 11.8 Å². The third kappa shape index (κ3) is 2.10. The van der Waals surface area contributed by atoms with Crippen LogP contribution in [0.25, 0.3) is 0 Å². The topological polar surface area (TPSA) is 49.4 Å². The van der Waals surface area contributed by atoms with Crippen LogP contribution in [0.1, 0.15) is 46.0 Å². The molecule has 1 aliphatic heterocycles. The molecule has 1 saturated heterocycles. The molecule has 2 amide bonds. The van der Waals surface area contributed by atoms with Gasteiger partial charge in [0.2, 0.25) is 11.8 Å². The number of hydrogen-bond acceptors (Lipinski definition) is 2. The van der Waals surface area contributed by atoms with Crippen LogP contribution in [-0.4, -0.2) is 34.8 Å². The molecule has 1 aliphatic carbocycles. The fourth-order valence-electron chi connectivity index (χ4n) is 2.85. The average Bonchev–Trinajstić information content (AvgIpc) is 2.38. The first kappa shape index (κ1) is 12.9. The molecular formula is C14H20N2O2. The van der Waals surface area contributed by atoms with Gasteiger partial charge in [-0.1, -0.05) is 25.2 Å². The summed E-state index contributed by atoms with van der Waals surface area (Å²) in [5.74, 6) is 5.69. The Labute approximate surface area is 108 Å². The van der Waals surface area contributed by atoms with E-state index < -0.39 is 11.6 Å². The molecule has 0 aromatic heterocycles. The molecule has 4 heteroatoms. The molecule has 1 heterocycles. The van der Waals surface area contributed by atoms with Crippen LogP contribution < -0.4 is 5.32 Å². The summed E-state index contributed by atoms with van der Waals surface area (Å²) in [6, 6.07) is -0.411. The molecule has 0 radical (unpaired) electrons. The first-order valence-corrected chi connectivity index (χ1v) is 6.63. The van der Waals surface area contributed by atoms with E-state index in [9.17, 15) is 9.59 Å². The maximum Gasteiger partial charge on any atom is 0.249 e. The standard InChI is InChI=1S/C14H20N2O2/c1-3-4-10-16-11(2)12(17)15-14(13(16)18)8-6-5-7-9-14/h11H,5-10H2,1-2H3,(H,15,17). The smallest absolute Gasteiger partial charge is 0.249 e. The third-order valence-electron chi connectivity index (χ3n) is 4.01. The number of hydrogen-bond donors (Lipinski definition) is 1. The van der Waals surface area contributed by atoms with Crippen molar-refractivity contribution in [2.24, 2.45) is 0 Å². The van der Waals surface area contributed by atoms with Crippen molar-refractivity contribution < 1.29 is 9.59 Å². The molecule has 18 heavy (non-hydrogen) atoms. The van der Waals surface area contributed by atoms with Crippen LogP contribution in [0.2, 0.25) is 0 Å². The highest BCUT2D eigenvalue weighted by atomic mass is 16.2. The maximum absolute atomic E-state index is 12.6. The summed E-state index contributed by atoms with van der Waals surface area (Å²) in [4.78, 5) is 26.3. The molecule has 1 spiro atoms. The van der Waals surface area contributed by atoms with E-state index in [1.165, 1.54) is 0 Å². The van der Waals surface area contributed by atoms with Gasteiger partial charge in [0.05, 0.1) is 6.54 Å². The molecule has 98 valence electrons. The number of nitrogens with one attached hydrogen (secondary N) is 1. The number of nitrogens with zero attached hydrogens (tertiary/aromatic N) is 1. The monoisotopic (exact) mass is 248 g/mol. The third-order valence-corrected chi connectivity index (χ3v) is 4.01. The van der Waals surface area contributed by atoms with Gasteiger partial charge < -0.3 is 10.2 Å². The summed E-state index contributed by atoms with van der Waals surface area (Å²) >= 11 is 0. The van der Waals surface area contributed by atoms with Gasteiger partial charge in [-0.15, -0.1) is 5.92 Å². The minimum atomic E-state index is -0.642. The zero-order chi connectivity index (χ0) is 13.2. The lowest BCUT2D eigenvalue weighted by Gasteiger charge is -2.46. The molecule has 1 N–H and O–H groups in total. The van der Waals surface area contributed by atoms with Crippen molar-refractivity contribution in [1.29, 1.82) is 0 Å². The molecule has 0 aromatic carbocycles. The van der Waals surface area contributed by atoms with E-state index in [1.54, 1.807) is 18.7 Å². The van der Waals surface area contributed by atoms with Gasteiger partial charge in [0.15, 0.2) is 0 Å². The Morgan fingerprint density at radius 2 is 2.00 bits per heavy atom. The summed E-state index contributed by atoms with van der Waals surface area (Å²) in [6.07, 6.45) is 4.69. The summed E-state index contributed by atoms with van der Waals surface area (Å²) in [7, 11) is 0. The van der Waals surface area contributed by atoms with Crippen LogP contribution in [0.5, 0.6) is 0 Å². The maximum atomic E-state index is 12.6. The van der Waals surface area contributed by atoms with Crippen LogP contribution in [0.3, 0.4) is 0 Å². The Kier molecular flexibility index (Phi) is 3.60. The first-order chi connectivity index (χ1) is 8.60. The lowest BCUT2D eigenvalue weighted by atomic mass is 9.78. The van der Waals surface area contributed by atoms with Crippen LogP contribution >= 0.6 is 0 Å². The molecule has 2 fully saturated rings. The zero-order valence-corrected chi connectivity index (χ0v) is 11.1. The predicted octanol–water partition coefficient (Wildman–Crippen LogP) is 1.06. The number of piperazine rings is 1. The zero-order valence-electron chi connectivity index (χ0n) is 11.1. The number of rotatable bonds is 1. The van der Waals surface area contributed by atoms with Crippen molar-refractivity contribution in [2.75, 3.05) is 6.54 Å². The largest absolute Gasteiger partial charge is 0.340 e. The number of amides is 2. The van der Waals surface area contributed by atoms with Crippen LogP contribution in [0.15, 0.2) is 0 Å². The van der Waals surface area contributed by atoms with Gasteiger partial charge in [0.25, 0.3) is 0 Å². The number of carbonyl (C=O) groups excluding carboxylic acids is 2. The minimum absolute atomic E-state index is 0.0468. The van der Waals surface area contributed by atoms with Gasteiger partial charge in [-0.3, -0.25) is 9.59 Å². The molecule has 1 unspecified atom stereocenters. The molecule has 2 rings (SSSR count). The first-order valence-electron chi connectivity index (χ1n) is 6.63. The highest BCUT2D eigenvalue weighted by Crippen LogP contribution is 2.33. The SMILES string of the molecule is CC#CCN1C(=O)C2(CCCCC2)NC(=O)C1C.